The molecule has 6 nitrogen and oxygen atoms in total. The second-order valence-electron chi connectivity index (χ2n) is 16.0. The summed E-state index contributed by atoms with van der Waals surface area (Å²) in [5.41, 5.74) is 0. The average molecular weight is 823 g/mol. The lowest BCUT2D eigenvalue weighted by Crippen LogP contribution is -2.30. The Balaban J connectivity index is 4.47. The number of unbranched alkanes of at least 4 members (excludes halogenated alkanes) is 20. The van der Waals surface area contributed by atoms with E-state index in [-0.39, 0.29) is 37.5 Å². The predicted molar refractivity (Wildman–Crippen MR) is 251 cm³/mol. The van der Waals surface area contributed by atoms with Crippen molar-refractivity contribution in [2.45, 2.75) is 232 Å². The summed E-state index contributed by atoms with van der Waals surface area (Å²) in [6, 6.07) is 0. The molecular formula is C53H90O6. The molecule has 0 saturated heterocycles. The first-order valence-corrected chi connectivity index (χ1v) is 24.4. The average Bonchev–Trinajstić information content (AvgIpc) is 3.23. The van der Waals surface area contributed by atoms with Crippen LogP contribution in [0.1, 0.15) is 226 Å². The van der Waals surface area contributed by atoms with Crippen LogP contribution in [0.25, 0.3) is 0 Å². The Morgan fingerprint density at radius 1 is 0.356 bits per heavy atom. The van der Waals surface area contributed by atoms with Crippen LogP contribution in [-0.2, 0) is 28.6 Å². The van der Waals surface area contributed by atoms with E-state index < -0.39 is 6.10 Å². The first-order valence-electron chi connectivity index (χ1n) is 24.4. The lowest BCUT2D eigenvalue weighted by Gasteiger charge is -2.18. The van der Waals surface area contributed by atoms with Gasteiger partial charge in [0.15, 0.2) is 6.10 Å². The normalized spacial score (nSPS) is 12.7. The molecular weight excluding hydrogens is 733 g/mol. The van der Waals surface area contributed by atoms with E-state index in [1.54, 1.807) is 0 Å². The van der Waals surface area contributed by atoms with Crippen LogP contribution < -0.4 is 0 Å². The minimum Gasteiger partial charge on any atom is -0.462 e. The molecule has 0 aromatic heterocycles. The maximum Gasteiger partial charge on any atom is 0.306 e. The maximum atomic E-state index is 12.7. The standard InChI is InChI=1S/C53H90O6/c1-4-7-10-13-16-19-22-24-26-28-31-34-37-40-43-46-52(55)58-49-50(48-57-51(54)45-42-39-36-33-30-21-18-15-12-9-6-3)59-53(56)47-44-41-38-35-32-29-27-25-23-20-17-14-11-8-5-2/h7,10,16-17,19-20,24-27,32,35,50H,4-6,8-9,11-15,18,21-23,28-31,33-34,36-49H2,1-3H3/b10-7-,19-16-,20-17-,26-24-,27-25-,35-32-/t50-/m1/s1. The van der Waals surface area contributed by atoms with Gasteiger partial charge in [-0.1, -0.05) is 190 Å². The first-order chi connectivity index (χ1) is 29.0. The molecule has 0 aliphatic rings. The Morgan fingerprint density at radius 3 is 1.10 bits per heavy atom. The fraction of sp³-hybridized carbons (Fsp3) is 0.717. The maximum absolute atomic E-state index is 12.7. The van der Waals surface area contributed by atoms with Gasteiger partial charge in [0, 0.05) is 19.3 Å². The van der Waals surface area contributed by atoms with Gasteiger partial charge in [-0.15, -0.1) is 0 Å². The number of hydrogen-bond donors (Lipinski definition) is 0. The Bertz CT molecular complexity index is 1130. The zero-order valence-electron chi connectivity index (χ0n) is 38.5. The fourth-order valence-corrected chi connectivity index (χ4v) is 6.52. The quantitative estimate of drug-likeness (QED) is 0.0264. The van der Waals surface area contributed by atoms with Crippen molar-refractivity contribution in [1.82, 2.24) is 0 Å². The highest BCUT2D eigenvalue weighted by atomic mass is 16.6. The Morgan fingerprint density at radius 2 is 0.661 bits per heavy atom. The van der Waals surface area contributed by atoms with E-state index in [9.17, 15) is 14.4 Å². The molecule has 59 heavy (non-hydrogen) atoms. The Labute approximate surface area is 363 Å². The largest absolute Gasteiger partial charge is 0.462 e. The molecule has 0 amide bonds. The van der Waals surface area contributed by atoms with E-state index in [1.807, 2.05) is 0 Å². The van der Waals surface area contributed by atoms with Crippen LogP contribution in [0.5, 0.6) is 0 Å². The van der Waals surface area contributed by atoms with Gasteiger partial charge >= 0.3 is 17.9 Å². The van der Waals surface area contributed by atoms with Crippen LogP contribution in [-0.4, -0.2) is 37.2 Å². The van der Waals surface area contributed by atoms with Crippen LogP contribution in [0.4, 0.5) is 0 Å². The monoisotopic (exact) mass is 823 g/mol. The van der Waals surface area contributed by atoms with Crippen LogP contribution in [0.2, 0.25) is 0 Å². The first kappa shape index (κ1) is 55.9. The van der Waals surface area contributed by atoms with Crippen molar-refractivity contribution in [3.05, 3.63) is 72.9 Å². The zero-order valence-corrected chi connectivity index (χ0v) is 38.5. The lowest BCUT2D eigenvalue weighted by molar-refractivity contribution is -0.167. The molecule has 0 bridgehead atoms. The van der Waals surface area contributed by atoms with E-state index in [2.05, 4.69) is 93.7 Å². The van der Waals surface area contributed by atoms with E-state index in [0.717, 1.165) is 103 Å². The van der Waals surface area contributed by atoms with Crippen molar-refractivity contribution < 1.29 is 28.6 Å². The van der Waals surface area contributed by atoms with Gasteiger partial charge in [0.1, 0.15) is 13.2 Å². The number of carbonyl (C=O) groups excluding carboxylic acids is 3. The van der Waals surface area contributed by atoms with Crippen LogP contribution in [0, 0.1) is 0 Å². The smallest absolute Gasteiger partial charge is 0.306 e. The topological polar surface area (TPSA) is 78.9 Å². The summed E-state index contributed by atoms with van der Waals surface area (Å²) < 4.78 is 16.7. The molecule has 6 heteroatoms. The van der Waals surface area contributed by atoms with Crippen LogP contribution in [0.3, 0.4) is 0 Å². The molecule has 338 valence electrons. The molecule has 0 fully saturated rings. The molecule has 0 spiro atoms. The van der Waals surface area contributed by atoms with E-state index in [1.165, 1.54) is 77.0 Å². The van der Waals surface area contributed by atoms with Crippen molar-refractivity contribution in [2.24, 2.45) is 0 Å². The van der Waals surface area contributed by atoms with Gasteiger partial charge in [0.05, 0.1) is 0 Å². The lowest BCUT2D eigenvalue weighted by atomic mass is 10.1. The van der Waals surface area contributed by atoms with Crippen LogP contribution >= 0.6 is 0 Å². The molecule has 0 aromatic carbocycles. The third-order valence-electron chi connectivity index (χ3n) is 10.2. The molecule has 0 aromatic rings. The number of hydrogen-bond acceptors (Lipinski definition) is 6. The molecule has 0 N–H and O–H groups in total. The number of carbonyl (C=O) groups is 3. The van der Waals surface area contributed by atoms with Crippen molar-refractivity contribution in [2.75, 3.05) is 13.2 Å². The molecule has 0 heterocycles. The summed E-state index contributed by atoms with van der Waals surface area (Å²) in [6.07, 6.45) is 58.8. The van der Waals surface area contributed by atoms with Crippen molar-refractivity contribution in [3.63, 3.8) is 0 Å². The summed E-state index contributed by atoms with van der Waals surface area (Å²) >= 11 is 0. The van der Waals surface area contributed by atoms with E-state index in [4.69, 9.17) is 14.2 Å². The highest BCUT2D eigenvalue weighted by Crippen LogP contribution is 2.14. The molecule has 0 unspecified atom stereocenters. The Kier molecular flexibility index (Phi) is 45.0. The van der Waals surface area contributed by atoms with Crippen molar-refractivity contribution in [1.29, 1.82) is 0 Å². The SMILES string of the molecule is CC/C=C\C/C=C\C/C=C\CCCCCCCC(=O)OC[C@@H](COC(=O)CCCCCCCCCCCCC)OC(=O)CCCC/C=C\C/C=C\C/C=C\CCCCC. The van der Waals surface area contributed by atoms with Gasteiger partial charge in [-0.2, -0.15) is 0 Å². The van der Waals surface area contributed by atoms with Crippen molar-refractivity contribution >= 4 is 17.9 Å². The van der Waals surface area contributed by atoms with Gasteiger partial charge in [-0.05, 0) is 89.9 Å². The molecule has 0 radical (unpaired) electrons. The molecule has 1 atom stereocenters. The number of esters is 3. The summed E-state index contributed by atoms with van der Waals surface area (Å²) in [7, 11) is 0. The van der Waals surface area contributed by atoms with Gasteiger partial charge < -0.3 is 14.2 Å². The molecule has 0 saturated carbocycles. The summed E-state index contributed by atoms with van der Waals surface area (Å²) in [4.78, 5) is 37.8. The second kappa shape index (κ2) is 47.5. The third-order valence-corrected chi connectivity index (χ3v) is 10.2. The zero-order chi connectivity index (χ0) is 43.0. The molecule has 0 aliphatic carbocycles. The van der Waals surface area contributed by atoms with Gasteiger partial charge in [0.2, 0.25) is 0 Å². The van der Waals surface area contributed by atoms with E-state index >= 15 is 0 Å². The summed E-state index contributed by atoms with van der Waals surface area (Å²) in [5, 5.41) is 0. The predicted octanol–water partition coefficient (Wildman–Crippen LogP) is 15.9. The fourth-order valence-electron chi connectivity index (χ4n) is 6.52. The van der Waals surface area contributed by atoms with Gasteiger partial charge in [-0.3, -0.25) is 14.4 Å². The second-order valence-corrected chi connectivity index (χ2v) is 16.0. The third kappa shape index (κ3) is 45.8. The Hall–Kier alpha value is -3.15. The van der Waals surface area contributed by atoms with Gasteiger partial charge in [0.25, 0.3) is 0 Å². The van der Waals surface area contributed by atoms with E-state index in [0.29, 0.717) is 19.3 Å². The number of allylic oxidation sites excluding steroid dienone is 12. The summed E-state index contributed by atoms with van der Waals surface area (Å²) in [5.74, 6) is -0.954. The van der Waals surface area contributed by atoms with Crippen LogP contribution in [0.15, 0.2) is 72.9 Å². The molecule has 0 aliphatic heterocycles. The van der Waals surface area contributed by atoms with Crippen molar-refractivity contribution in [3.8, 4) is 0 Å². The van der Waals surface area contributed by atoms with Gasteiger partial charge in [-0.25, -0.2) is 0 Å². The minimum atomic E-state index is -0.799. The minimum absolute atomic E-state index is 0.0954. The summed E-state index contributed by atoms with van der Waals surface area (Å²) in [6.45, 7) is 6.43. The highest BCUT2D eigenvalue weighted by Gasteiger charge is 2.19. The molecule has 0 rings (SSSR count). The highest BCUT2D eigenvalue weighted by molar-refractivity contribution is 5.71. The number of ether oxygens (including phenoxy) is 3. The number of rotatable bonds is 43.